The van der Waals surface area contributed by atoms with E-state index in [9.17, 15) is 0 Å². The van der Waals surface area contributed by atoms with Crippen molar-refractivity contribution in [3.05, 3.63) is 50.1 Å². The highest BCUT2D eigenvalue weighted by molar-refractivity contribution is 14.1. The van der Waals surface area contributed by atoms with Crippen LogP contribution < -0.4 is 0 Å². The zero-order chi connectivity index (χ0) is 12.1. The molecular formula is C15H19I. The summed E-state index contributed by atoms with van der Waals surface area (Å²) in [7, 11) is 0. The molecule has 16 heavy (non-hydrogen) atoms. The molecule has 0 nitrogen and oxygen atoms in total. The average molecular weight is 326 g/mol. The normalized spacial score (nSPS) is 13.1. The van der Waals surface area contributed by atoms with Crippen LogP contribution in [0.4, 0.5) is 0 Å². The Morgan fingerprint density at radius 3 is 2.19 bits per heavy atom. The molecule has 0 saturated heterocycles. The Kier molecular flexibility index (Phi) is 5.26. The van der Waals surface area contributed by atoms with Crippen LogP contribution in [0.1, 0.15) is 37.0 Å². The van der Waals surface area contributed by atoms with Crippen LogP contribution in [-0.4, -0.2) is 0 Å². The quantitative estimate of drug-likeness (QED) is 0.513. The maximum atomic E-state index is 2.40. The van der Waals surface area contributed by atoms with Gasteiger partial charge in [0.25, 0.3) is 0 Å². The van der Waals surface area contributed by atoms with Crippen LogP contribution in [0.2, 0.25) is 0 Å². The lowest BCUT2D eigenvalue weighted by atomic mass is 10.0. The maximum Gasteiger partial charge on any atom is 0.0119 e. The molecule has 0 spiro atoms. The Morgan fingerprint density at radius 2 is 1.75 bits per heavy atom. The first kappa shape index (κ1) is 13.5. The van der Waals surface area contributed by atoms with E-state index < -0.39 is 0 Å². The van der Waals surface area contributed by atoms with Gasteiger partial charge < -0.3 is 0 Å². The van der Waals surface area contributed by atoms with Crippen LogP contribution in [0, 0.1) is 13.8 Å². The van der Waals surface area contributed by atoms with Gasteiger partial charge in [-0.3, -0.25) is 0 Å². The summed E-state index contributed by atoms with van der Waals surface area (Å²) in [5.74, 6) is 0. The minimum absolute atomic E-state index is 1.08. The van der Waals surface area contributed by atoms with Crippen molar-refractivity contribution in [2.45, 2.75) is 34.1 Å². The SMILES string of the molecule is C/C=C(I)\C(=C/c1cc(C)cc(C)c1)CC. The Balaban J connectivity index is 3.13. The second-order valence-electron chi connectivity index (χ2n) is 4.08. The summed E-state index contributed by atoms with van der Waals surface area (Å²) >= 11 is 2.40. The summed E-state index contributed by atoms with van der Waals surface area (Å²) in [5, 5.41) is 0. The van der Waals surface area contributed by atoms with E-state index in [1.54, 1.807) is 0 Å². The molecule has 0 aliphatic heterocycles. The number of aryl methyl sites for hydroxylation is 2. The highest BCUT2D eigenvalue weighted by Crippen LogP contribution is 2.24. The highest BCUT2D eigenvalue weighted by Gasteiger charge is 1.99. The Morgan fingerprint density at radius 1 is 1.19 bits per heavy atom. The number of halogens is 1. The van der Waals surface area contributed by atoms with E-state index in [-0.39, 0.29) is 0 Å². The van der Waals surface area contributed by atoms with Gasteiger partial charge in [-0.05, 0) is 60.9 Å². The summed E-state index contributed by atoms with van der Waals surface area (Å²) in [6, 6.07) is 6.69. The third-order valence-corrected chi connectivity index (χ3v) is 3.84. The van der Waals surface area contributed by atoms with E-state index >= 15 is 0 Å². The van der Waals surface area contributed by atoms with Gasteiger partial charge in [-0.1, -0.05) is 48.4 Å². The molecule has 86 valence electrons. The fourth-order valence-electron chi connectivity index (χ4n) is 1.82. The first-order valence-corrected chi connectivity index (χ1v) is 6.75. The Hall–Kier alpha value is -0.570. The first-order valence-electron chi connectivity index (χ1n) is 5.68. The van der Waals surface area contributed by atoms with Crippen molar-refractivity contribution < 1.29 is 0 Å². The zero-order valence-electron chi connectivity index (χ0n) is 10.5. The lowest BCUT2D eigenvalue weighted by Crippen LogP contribution is -1.84. The first-order chi connectivity index (χ1) is 7.56. The standard InChI is InChI=1S/C15H19I/c1-5-14(15(16)6-2)10-13-8-11(3)7-12(4)9-13/h6-10H,5H2,1-4H3/b14-10-,15-6+. The zero-order valence-corrected chi connectivity index (χ0v) is 12.6. The van der Waals surface area contributed by atoms with Crippen LogP contribution in [-0.2, 0) is 0 Å². The van der Waals surface area contributed by atoms with Gasteiger partial charge in [0.2, 0.25) is 0 Å². The molecule has 0 fully saturated rings. The van der Waals surface area contributed by atoms with Gasteiger partial charge in [0.1, 0.15) is 0 Å². The van der Waals surface area contributed by atoms with Crippen LogP contribution >= 0.6 is 22.6 Å². The minimum atomic E-state index is 1.08. The Labute approximate surface area is 113 Å². The topological polar surface area (TPSA) is 0 Å². The summed E-state index contributed by atoms with van der Waals surface area (Å²) in [6.45, 7) is 8.59. The molecule has 1 heteroatoms. The highest BCUT2D eigenvalue weighted by atomic mass is 127. The van der Waals surface area contributed by atoms with E-state index in [0.29, 0.717) is 0 Å². The van der Waals surface area contributed by atoms with Gasteiger partial charge in [-0.15, -0.1) is 0 Å². The molecule has 1 rings (SSSR count). The Bertz CT molecular complexity index is 405. The second kappa shape index (κ2) is 6.24. The molecule has 0 saturated carbocycles. The molecule has 0 radical (unpaired) electrons. The number of hydrogen-bond donors (Lipinski definition) is 0. The van der Waals surface area contributed by atoms with E-state index in [1.165, 1.54) is 25.8 Å². The summed E-state index contributed by atoms with van der Waals surface area (Å²) in [6.07, 6.45) is 5.54. The predicted octanol–water partition coefficient (Wildman–Crippen LogP) is 5.44. The second-order valence-corrected chi connectivity index (χ2v) is 5.24. The van der Waals surface area contributed by atoms with Gasteiger partial charge >= 0.3 is 0 Å². The molecule has 0 atom stereocenters. The molecule has 0 aliphatic rings. The lowest BCUT2D eigenvalue weighted by molar-refractivity contribution is 1.16. The number of benzene rings is 1. The summed E-state index contributed by atoms with van der Waals surface area (Å²) in [5.41, 5.74) is 5.38. The molecule has 0 unspecified atom stereocenters. The molecule has 0 N–H and O–H groups in total. The average Bonchev–Trinajstić information content (AvgIpc) is 2.23. The van der Waals surface area contributed by atoms with Crippen LogP contribution in [0.15, 0.2) is 33.4 Å². The van der Waals surface area contributed by atoms with Crippen molar-refractivity contribution in [3.8, 4) is 0 Å². The van der Waals surface area contributed by atoms with Crippen molar-refractivity contribution in [1.82, 2.24) is 0 Å². The molecule has 0 aromatic heterocycles. The van der Waals surface area contributed by atoms with E-state index in [2.05, 4.69) is 80.6 Å². The van der Waals surface area contributed by atoms with Gasteiger partial charge in [0.15, 0.2) is 0 Å². The number of allylic oxidation sites excluding steroid dienone is 3. The molecule has 0 bridgehead atoms. The minimum Gasteiger partial charge on any atom is -0.0740 e. The van der Waals surface area contributed by atoms with Crippen LogP contribution in [0.25, 0.3) is 6.08 Å². The van der Waals surface area contributed by atoms with Crippen molar-refractivity contribution >= 4 is 28.7 Å². The molecular weight excluding hydrogens is 307 g/mol. The van der Waals surface area contributed by atoms with E-state index in [1.807, 2.05) is 0 Å². The molecule has 0 aliphatic carbocycles. The van der Waals surface area contributed by atoms with E-state index in [0.717, 1.165) is 6.42 Å². The van der Waals surface area contributed by atoms with E-state index in [4.69, 9.17) is 0 Å². The van der Waals surface area contributed by atoms with Gasteiger partial charge in [0.05, 0.1) is 0 Å². The lowest BCUT2D eigenvalue weighted by Gasteiger charge is -2.05. The van der Waals surface area contributed by atoms with Crippen molar-refractivity contribution in [2.24, 2.45) is 0 Å². The predicted molar refractivity (Wildman–Crippen MR) is 82.0 cm³/mol. The molecule has 0 amide bonds. The fourth-order valence-corrected chi connectivity index (χ4v) is 2.36. The molecule has 1 aromatic rings. The third kappa shape index (κ3) is 3.78. The van der Waals surface area contributed by atoms with Gasteiger partial charge in [-0.2, -0.15) is 0 Å². The maximum absolute atomic E-state index is 2.40. The molecule has 0 heterocycles. The number of hydrogen-bond acceptors (Lipinski definition) is 0. The smallest absolute Gasteiger partial charge is 0.0119 e. The van der Waals surface area contributed by atoms with Crippen molar-refractivity contribution in [3.63, 3.8) is 0 Å². The van der Waals surface area contributed by atoms with Crippen molar-refractivity contribution in [1.29, 1.82) is 0 Å². The number of rotatable bonds is 3. The van der Waals surface area contributed by atoms with Crippen molar-refractivity contribution in [2.75, 3.05) is 0 Å². The summed E-state index contributed by atoms with van der Waals surface area (Å²) < 4.78 is 1.35. The largest absolute Gasteiger partial charge is 0.0740 e. The summed E-state index contributed by atoms with van der Waals surface area (Å²) in [4.78, 5) is 0. The third-order valence-electron chi connectivity index (χ3n) is 2.53. The van der Waals surface area contributed by atoms with Gasteiger partial charge in [-0.25, -0.2) is 0 Å². The monoisotopic (exact) mass is 326 g/mol. The van der Waals surface area contributed by atoms with Gasteiger partial charge in [0, 0.05) is 3.58 Å². The molecule has 1 aromatic carbocycles. The van der Waals surface area contributed by atoms with Crippen LogP contribution in [0.3, 0.4) is 0 Å². The van der Waals surface area contributed by atoms with Crippen LogP contribution in [0.5, 0.6) is 0 Å². The fraction of sp³-hybridized carbons (Fsp3) is 0.333.